The molecule has 0 amide bonds. The molecule has 0 fully saturated rings. The Hall–Kier alpha value is -2.50. The molecule has 6 nitrogen and oxygen atoms in total. The van der Waals surface area contributed by atoms with E-state index in [1.165, 1.54) is 0 Å². The zero-order valence-electron chi connectivity index (χ0n) is 10.0. The smallest absolute Gasteiger partial charge is 0.274 e. The van der Waals surface area contributed by atoms with Gasteiger partial charge in [0.1, 0.15) is 11.4 Å². The summed E-state index contributed by atoms with van der Waals surface area (Å²) in [6.45, 7) is 3.97. The number of nitrogens with one attached hydrogen (secondary N) is 1. The van der Waals surface area contributed by atoms with Crippen molar-refractivity contribution < 1.29 is 4.52 Å². The van der Waals surface area contributed by atoms with Crippen LogP contribution in [0.25, 0.3) is 23.1 Å². The average molecular weight is 241 g/mol. The summed E-state index contributed by atoms with van der Waals surface area (Å²) in [5.41, 5.74) is 3.56. The van der Waals surface area contributed by atoms with E-state index < -0.39 is 0 Å². The van der Waals surface area contributed by atoms with Gasteiger partial charge in [-0.05, 0) is 25.5 Å². The Labute approximate surface area is 103 Å². The van der Waals surface area contributed by atoms with Gasteiger partial charge in [-0.15, -0.1) is 0 Å². The van der Waals surface area contributed by atoms with Crippen molar-refractivity contribution in [3.8, 4) is 23.1 Å². The van der Waals surface area contributed by atoms with Crippen molar-refractivity contribution in [3.05, 3.63) is 35.9 Å². The second-order valence-electron chi connectivity index (χ2n) is 4.02. The maximum atomic E-state index is 5.24. The largest absolute Gasteiger partial charge is 0.354 e. The molecular weight excluding hydrogens is 230 g/mol. The van der Waals surface area contributed by atoms with Crippen LogP contribution in [0.3, 0.4) is 0 Å². The van der Waals surface area contributed by atoms with E-state index in [0.717, 1.165) is 17.0 Å². The molecule has 3 heterocycles. The third-order valence-electron chi connectivity index (χ3n) is 2.58. The number of rotatable bonds is 2. The SMILES string of the molecule is Cc1cc(C)c(-c2nc(-c3cnccn3)no2)[nH]1. The number of hydrogen-bond acceptors (Lipinski definition) is 5. The van der Waals surface area contributed by atoms with E-state index in [4.69, 9.17) is 4.52 Å². The molecule has 3 aromatic heterocycles. The van der Waals surface area contributed by atoms with Crippen LogP contribution in [-0.2, 0) is 0 Å². The van der Waals surface area contributed by atoms with Crippen molar-refractivity contribution in [2.24, 2.45) is 0 Å². The Morgan fingerprint density at radius 1 is 1.22 bits per heavy atom. The molecule has 0 unspecified atom stereocenters. The van der Waals surface area contributed by atoms with Crippen molar-refractivity contribution in [2.75, 3.05) is 0 Å². The van der Waals surface area contributed by atoms with Gasteiger partial charge in [0.15, 0.2) is 0 Å². The van der Waals surface area contributed by atoms with E-state index >= 15 is 0 Å². The molecule has 0 aromatic carbocycles. The first kappa shape index (κ1) is 10.6. The van der Waals surface area contributed by atoms with Gasteiger partial charge in [-0.3, -0.25) is 4.98 Å². The minimum Gasteiger partial charge on any atom is -0.354 e. The maximum absolute atomic E-state index is 5.24. The number of H-pyrrole nitrogens is 1. The van der Waals surface area contributed by atoms with Gasteiger partial charge < -0.3 is 9.51 Å². The van der Waals surface area contributed by atoms with Crippen LogP contribution in [0.5, 0.6) is 0 Å². The van der Waals surface area contributed by atoms with Crippen molar-refractivity contribution in [1.82, 2.24) is 25.1 Å². The lowest BCUT2D eigenvalue weighted by Crippen LogP contribution is -1.86. The molecular formula is C12H11N5O. The van der Waals surface area contributed by atoms with Gasteiger partial charge in [0.05, 0.1) is 6.20 Å². The van der Waals surface area contributed by atoms with Gasteiger partial charge in [-0.25, -0.2) is 4.98 Å². The van der Waals surface area contributed by atoms with Gasteiger partial charge in [-0.2, -0.15) is 4.98 Å². The molecule has 0 saturated carbocycles. The number of aromatic nitrogens is 5. The Bertz CT molecular complexity index is 671. The van der Waals surface area contributed by atoms with Crippen molar-refractivity contribution in [3.63, 3.8) is 0 Å². The number of aromatic amines is 1. The third kappa shape index (κ3) is 1.77. The summed E-state index contributed by atoms with van der Waals surface area (Å²) >= 11 is 0. The predicted molar refractivity (Wildman–Crippen MR) is 64.6 cm³/mol. The van der Waals surface area contributed by atoms with Crippen LogP contribution in [0.4, 0.5) is 0 Å². The summed E-state index contributed by atoms with van der Waals surface area (Å²) in [5.74, 6) is 0.894. The Morgan fingerprint density at radius 3 is 2.78 bits per heavy atom. The van der Waals surface area contributed by atoms with Gasteiger partial charge in [0, 0.05) is 18.1 Å². The molecule has 0 atom stereocenters. The summed E-state index contributed by atoms with van der Waals surface area (Å²) in [6.07, 6.45) is 4.79. The lowest BCUT2D eigenvalue weighted by atomic mass is 10.2. The summed E-state index contributed by atoms with van der Waals surface area (Å²) in [4.78, 5) is 15.6. The molecule has 3 rings (SSSR count). The lowest BCUT2D eigenvalue weighted by molar-refractivity contribution is 0.430. The monoisotopic (exact) mass is 241 g/mol. The van der Waals surface area contributed by atoms with Gasteiger partial charge >= 0.3 is 0 Å². The molecule has 90 valence electrons. The van der Waals surface area contributed by atoms with Gasteiger partial charge in [0.2, 0.25) is 5.82 Å². The van der Waals surface area contributed by atoms with Crippen LogP contribution in [0.15, 0.2) is 29.2 Å². The minimum absolute atomic E-state index is 0.435. The van der Waals surface area contributed by atoms with E-state index in [2.05, 4.69) is 25.1 Å². The molecule has 0 radical (unpaired) electrons. The standard InChI is InChI=1S/C12H11N5O/c1-7-5-8(2)15-10(7)12-16-11(17-18-12)9-6-13-3-4-14-9/h3-6,15H,1-2H3. The van der Waals surface area contributed by atoms with Crippen molar-refractivity contribution in [1.29, 1.82) is 0 Å². The second-order valence-corrected chi connectivity index (χ2v) is 4.02. The highest BCUT2D eigenvalue weighted by Crippen LogP contribution is 2.23. The van der Waals surface area contributed by atoms with E-state index in [-0.39, 0.29) is 0 Å². The normalized spacial score (nSPS) is 10.8. The molecule has 0 aliphatic carbocycles. The zero-order valence-corrected chi connectivity index (χ0v) is 10.0. The summed E-state index contributed by atoms with van der Waals surface area (Å²) in [7, 11) is 0. The number of aryl methyl sites for hydroxylation is 2. The van der Waals surface area contributed by atoms with Crippen LogP contribution in [0.1, 0.15) is 11.3 Å². The molecule has 1 N–H and O–H groups in total. The zero-order chi connectivity index (χ0) is 12.5. The Morgan fingerprint density at radius 2 is 2.11 bits per heavy atom. The molecule has 0 saturated heterocycles. The number of nitrogens with zero attached hydrogens (tertiary/aromatic N) is 4. The van der Waals surface area contributed by atoms with E-state index in [1.54, 1.807) is 18.6 Å². The molecule has 0 spiro atoms. The topological polar surface area (TPSA) is 80.5 Å². The maximum Gasteiger partial charge on any atom is 0.274 e. The van der Waals surface area contributed by atoms with Crippen molar-refractivity contribution >= 4 is 0 Å². The highest BCUT2D eigenvalue weighted by Gasteiger charge is 2.14. The molecule has 0 aliphatic heterocycles. The fourth-order valence-corrected chi connectivity index (χ4v) is 1.79. The molecule has 0 aliphatic rings. The number of hydrogen-bond donors (Lipinski definition) is 1. The van der Waals surface area contributed by atoms with Gasteiger partial charge in [0.25, 0.3) is 5.89 Å². The first-order valence-electron chi connectivity index (χ1n) is 5.51. The van der Waals surface area contributed by atoms with Gasteiger partial charge in [-0.1, -0.05) is 5.16 Å². The molecule has 3 aromatic rings. The predicted octanol–water partition coefficient (Wildman–Crippen LogP) is 2.14. The molecule has 6 heteroatoms. The van der Waals surface area contributed by atoms with E-state index in [1.807, 2.05) is 19.9 Å². The summed E-state index contributed by atoms with van der Waals surface area (Å²) in [5, 5.41) is 3.90. The minimum atomic E-state index is 0.435. The second kappa shape index (κ2) is 4.06. The fraction of sp³-hybridized carbons (Fsp3) is 0.167. The lowest BCUT2D eigenvalue weighted by Gasteiger charge is -1.91. The molecule has 0 bridgehead atoms. The molecule has 18 heavy (non-hydrogen) atoms. The van der Waals surface area contributed by atoms with Crippen LogP contribution in [-0.4, -0.2) is 25.1 Å². The quantitative estimate of drug-likeness (QED) is 0.743. The fourth-order valence-electron chi connectivity index (χ4n) is 1.79. The first-order valence-corrected chi connectivity index (χ1v) is 5.51. The van der Waals surface area contributed by atoms with Crippen LogP contribution < -0.4 is 0 Å². The van der Waals surface area contributed by atoms with E-state index in [9.17, 15) is 0 Å². The van der Waals surface area contributed by atoms with Crippen LogP contribution in [0, 0.1) is 13.8 Å². The highest BCUT2D eigenvalue weighted by molar-refractivity contribution is 5.57. The Balaban J connectivity index is 2.02. The summed E-state index contributed by atoms with van der Waals surface area (Å²) < 4.78 is 5.24. The third-order valence-corrected chi connectivity index (χ3v) is 2.58. The average Bonchev–Trinajstić information content (AvgIpc) is 2.97. The van der Waals surface area contributed by atoms with Crippen LogP contribution in [0.2, 0.25) is 0 Å². The highest BCUT2D eigenvalue weighted by atomic mass is 16.5. The van der Waals surface area contributed by atoms with E-state index in [0.29, 0.717) is 17.4 Å². The Kier molecular flexibility index (Phi) is 2.40. The summed E-state index contributed by atoms with van der Waals surface area (Å²) in [6, 6.07) is 2.03. The van der Waals surface area contributed by atoms with Crippen molar-refractivity contribution in [2.45, 2.75) is 13.8 Å². The first-order chi connectivity index (χ1) is 8.74. The van der Waals surface area contributed by atoms with Crippen LogP contribution >= 0.6 is 0 Å².